The lowest BCUT2D eigenvalue weighted by Gasteiger charge is -1.80. The third kappa shape index (κ3) is 28.3. The molecule has 0 atom stereocenters. The van der Waals surface area contributed by atoms with Gasteiger partial charge in [0.1, 0.15) is 0 Å². The Bertz CT molecular complexity index is 98.3. The summed E-state index contributed by atoms with van der Waals surface area (Å²) in [5, 5.41) is 2.39. The Hall–Kier alpha value is -1.06. The summed E-state index contributed by atoms with van der Waals surface area (Å²) < 4.78 is 0. The second-order valence-electron chi connectivity index (χ2n) is 1.63. The number of hydrogen-bond donors (Lipinski definition) is 2. The minimum Gasteiger partial charge on any atom is -0.370 e. The molecule has 0 aliphatic carbocycles. The van der Waals surface area contributed by atoms with Crippen molar-refractivity contribution in [3.05, 3.63) is 0 Å². The number of hydrogen-bond acceptors (Lipinski definition) is 2. The van der Waals surface area contributed by atoms with Gasteiger partial charge in [-0.3, -0.25) is 9.59 Å². The lowest BCUT2D eigenvalue weighted by Crippen LogP contribution is -2.11. The molecular weight excluding hydrogens is 132 g/mol. The monoisotopic (exact) mass is 146 g/mol. The number of carbonyl (C=O) groups excluding carboxylic acids is 2. The van der Waals surface area contributed by atoms with Gasteiger partial charge in [0.05, 0.1) is 0 Å². The topological polar surface area (TPSA) is 72.2 Å². The third-order valence-corrected chi connectivity index (χ3v) is 0.701. The zero-order chi connectivity index (χ0) is 8.57. The van der Waals surface area contributed by atoms with Crippen LogP contribution in [-0.2, 0) is 9.59 Å². The molecule has 0 saturated carbocycles. The van der Waals surface area contributed by atoms with Crippen molar-refractivity contribution in [2.24, 2.45) is 5.73 Å². The first kappa shape index (κ1) is 11.7. The summed E-state index contributed by atoms with van der Waals surface area (Å²) in [6, 6.07) is 0. The van der Waals surface area contributed by atoms with E-state index < -0.39 is 0 Å². The molecule has 2 amide bonds. The quantitative estimate of drug-likeness (QED) is 0.530. The molecule has 60 valence electrons. The van der Waals surface area contributed by atoms with E-state index in [1.807, 2.05) is 0 Å². The largest absolute Gasteiger partial charge is 0.370 e. The molecule has 0 saturated heterocycles. The van der Waals surface area contributed by atoms with Gasteiger partial charge in [0.15, 0.2) is 0 Å². The molecule has 0 aromatic carbocycles. The molecule has 3 N–H and O–H groups in total. The van der Waals surface area contributed by atoms with Gasteiger partial charge >= 0.3 is 0 Å². The van der Waals surface area contributed by atoms with Gasteiger partial charge in [-0.25, -0.2) is 0 Å². The number of carbonyl (C=O) groups is 2. The molecule has 0 spiro atoms. The Morgan fingerprint density at radius 3 is 1.70 bits per heavy atom. The molecule has 4 heteroatoms. The highest BCUT2D eigenvalue weighted by molar-refractivity contribution is 5.73. The summed E-state index contributed by atoms with van der Waals surface area (Å²) >= 11 is 0. The van der Waals surface area contributed by atoms with Crippen LogP contribution < -0.4 is 11.1 Å². The first-order chi connectivity index (χ1) is 4.54. The van der Waals surface area contributed by atoms with Crippen molar-refractivity contribution < 1.29 is 9.59 Å². The van der Waals surface area contributed by atoms with Crippen LogP contribution in [0.25, 0.3) is 0 Å². The van der Waals surface area contributed by atoms with Gasteiger partial charge in [-0.1, -0.05) is 6.92 Å². The van der Waals surface area contributed by atoms with Crippen LogP contribution in [0, 0.1) is 0 Å². The van der Waals surface area contributed by atoms with E-state index in [4.69, 9.17) is 0 Å². The summed E-state index contributed by atoms with van der Waals surface area (Å²) in [4.78, 5) is 19.3. The molecule has 0 radical (unpaired) electrons. The maximum atomic E-state index is 9.70. The molecule has 0 rings (SSSR count). The Labute approximate surface area is 60.8 Å². The van der Waals surface area contributed by atoms with E-state index in [2.05, 4.69) is 11.1 Å². The van der Waals surface area contributed by atoms with Gasteiger partial charge in [0.2, 0.25) is 11.8 Å². The van der Waals surface area contributed by atoms with Gasteiger partial charge in [0, 0.05) is 20.4 Å². The fourth-order valence-electron chi connectivity index (χ4n) is 0. The summed E-state index contributed by atoms with van der Waals surface area (Å²) in [5.74, 6) is -0.241. The first-order valence-electron chi connectivity index (χ1n) is 3.01. The van der Waals surface area contributed by atoms with E-state index in [1.165, 1.54) is 6.92 Å². The molecule has 0 aromatic heterocycles. The predicted molar refractivity (Wildman–Crippen MR) is 39.2 cm³/mol. The standard InChI is InChI=1S/2C3H7NO/c1-3(5)4-2;1-2-3(4)5/h1-2H3,(H,4,5);2H2,1H3,(H2,4,5). The van der Waals surface area contributed by atoms with E-state index in [0.717, 1.165) is 0 Å². The second-order valence-corrected chi connectivity index (χ2v) is 1.63. The zero-order valence-corrected chi connectivity index (χ0v) is 6.60. The van der Waals surface area contributed by atoms with Crippen LogP contribution in [0.1, 0.15) is 20.3 Å². The molecule has 0 heterocycles. The lowest BCUT2D eigenvalue weighted by atomic mass is 10.5. The van der Waals surface area contributed by atoms with Gasteiger partial charge in [0.25, 0.3) is 0 Å². The summed E-state index contributed by atoms with van der Waals surface area (Å²) in [6.45, 7) is 3.20. The third-order valence-electron chi connectivity index (χ3n) is 0.701. The van der Waals surface area contributed by atoms with Gasteiger partial charge in [-0.05, 0) is 0 Å². The van der Waals surface area contributed by atoms with Crippen LogP contribution in [0.5, 0.6) is 0 Å². The maximum absolute atomic E-state index is 9.70. The summed E-state index contributed by atoms with van der Waals surface area (Å²) in [5.41, 5.74) is 4.65. The lowest BCUT2D eigenvalue weighted by molar-refractivity contribution is -0.119. The van der Waals surface area contributed by atoms with E-state index in [1.54, 1.807) is 14.0 Å². The molecule has 0 unspecified atom stereocenters. The molecule has 0 bridgehead atoms. The van der Waals surface area contributed by atoms with E-state index in [-0.39, 0.29) is 11.8 Å². The number of nitrogens with two attached hydrogens (primary N) is 1. The highest BCUT2D eigenvalue weighted by atomic mass is 16.1. The van der Waals surface area contributed by atoms with Gasteiger partial charge in [-0.15, -0.1) is 0 Å². The van der Waals surface area contributed by atoms with Crippen LogP contribution >= 0.6 is 0 Å². The van der Waals surface area contributed by atoms with Gasteiger partial charge < -0.3 is 11.1 Å². The Kier molecular flexibility index (Phi) is 9.29. The van der Waals surface area contributed by atoms with Crippen molar-refractivity contribution in [3.8, 4) is 0 Å². The molecule has 0 aliphatic heterocycles. The van der Waals surface area contributed by atoms with Gasteiger partial charge in [-0.2, -0.15) is 0 Å². The highest BCUT2D eigenvalue weighted by Gasteiger charge is 1.77. The maximum Gasteiger partial charge on any atom is 0.217 e. The number of amides is 2. The van der Waals surface area contributed by atoms with E-state index in [9.17, 15) is 9.59 Å². The normalized spacial score (nSPS) is 7.10. The van der Waals surface area contributed by atoms with E-state index >= 15 is 0 Å². The molecule has 0 fully saturated rings. The zero-order valence-electron chi connectivity index (χ0n) is 6.60. The average molecular weight is 146 g/mol. The van der Waals surface area contributed by atoms with Crippen molar-refractivity contribution in [2.45, 2.75) is 20.3 Å². The smallest absolute Gasteiger partial charge is 0.217 e. The first-order valence-corrected chi connectivity index (χ1v) is 3.01. The fourth-order valence-corrected chi connectivity index (χ4v) is 0. The average Bonchev–Trinajstić information content (AvgIpc) is 1.89. The van der Waals surface area contributed by atoms with Crippen molar-refractivity contribution in [3.63, 3.8) is 0 Å². The molecule has 0 aliphatic rings. The molecular formula is C6H14N2O2. The Morgan fingerprint density at radius 1 is 1.50 bits per heavy atom. The van der Waals surface area contributed by atoms with Crippen LogP contribution in [0.2, 0.25) is 0 Å². The second kappa shape index (κ2) is 7.94. The van der Waals surface area contributed by atoms with Crippen molar-refractivity contribution in [1.82, 2.24) is 5.32 Å². The predicted octanol–water partition coefficient (Wildman–Crippen LogP) is -0.366. The summed E-state index contributed by atoms with van der Waals surface area (Å²) in [7, 11) is 1.60. The number of nitrogens with one attached hydrogen (secondary N) is 1. The van der Waals surface area contributed by atoms with Crippen molar-refractivity contribution in [2.75, 3.05) is 7.05 Å². The minimum atomic E-state index is -0.245. The minimum absolute atomic E-state index is 0.00463. The van der Waals surface area contributed by atoms with E-state index in [0.29, 0.717) is 6.42 Å². The molecule has 4 nitrogen and oxygen atoms in total. The van der Waals surface area contributed by atoms with Crippen molar-refractivity contribution >= 4 is 11.8 Å². The Balaban J connectivity index is 0. The highest BCUT2D eigenvalue weighted by Crippen LogP contribution is 1.63. The molecule has 0 aromatic rings. The fraction of sp³-hybridized carbons (Fsp3) is 0.667. The Morgan fingerprint density at radius 2 is 1.70 bits per heavy atom. The summed E-state index contributed by atoms with van der Waals surface area (Å²) in [6.07, 6.45) is 0.444. The van der Waals surface area contributed by atoms with Crippen LogP contribution in [-0.4, -0.2) is 18.9 Å². The van der Waals surface area contributed by atoms with Crippen molar-refractivity contribution in [1.29, 1.82) is 0 Å². The van der Waals surface area contributed by atoms with Crippen LogP contribution in [0.3, 0.4) is 0 Å². The number of primary amides is 1. The SMILES string of the molecule is CCC(N)=O.CNC(C)=O. The number of rotatable bonds is 1. The van der Waals surface area contributed by atoms with Crippen LogP contribution in [0.4, 0.5) is 0 Å². The van der Waals surface area contributed by atoms with Crippen LogP contribution in [0.15, 0.2) is 0 Å². The molecule has 10 heavy (non-hydrogen) atoms.